The number of benzene rings is 1. The van der Waals surface area contributed by atoms with Crippen LogP contribution >= 0.6 is 0 Å². The summed E-state index contributed by atoms with van der Waals surface area (Å²) in [4.78, 5) is 1.64. The van der Waals surface area contributed by atoms with Crippen molar-refractivity contribution in [3.8, 4) is 0 Å². The predicted octanol–water partition coefficient (Wildman–Crippen LogP) is 1.51. The van der Waals surface area contributed by atoms with Crippen LogP contribution in [-0.2, 0) is 0 Å². The zero-order chi connectivity index (χ0) is 10.8. The van der Waals surface area contributed by atoms with Crippen LogP contribution in [0.1, 0.15) is 0 Å². The quantitative estimate of drug-likeness (QED) is 0.716. The Hall–Kier alpha value is -1.23. The fraction of sp³-hybridized carbons (Fsp3) is 0.400. The molecule has 0 bridgehead atoms. The van der Waals surface area contributed by atoms with E-state index in [9.17, 15) is 13.2 Å². The van der Waals surface area contributed by atoms with E-state index in [4.69, 9.17) is 0 Å². The third-order valence-electron chi connectivity index (χ3n) is 2.43. The first-order valence-electron chi connectivity index (χ1n) is 4.78. The monoisotopic (exact) mass is 216 g/mol. The van der Waals surface area contributed by atoms with Crippen molar-refractivity contribution < 1.29 is 13.2 Å². The number of anilines is 1. The topological polar surface area (TPSA) is 15.3 Å². The molecule has 82 valence electrons. The van der Waals surface area contributed by atoms with Crippen LogP contribution in [0.3, 0.4) is 0 Å². The van der Waals surface area contributed by atoms with Crippen LogP contribution in [0.25, 0.3) is 0 Å². The van der Waals surface area contributed by atoms with Crippen LogP contribution in [0.4, 0.5) is 18.9 Å². The highest BCUT2D eigenvalue weighted by Gasteiger charge is 2.18. The van der Waals surface area contributed by atoms with E-state index in [1.165, 1.54) is 0 Å². The lowest BCUT2D eigenvalue weighted by atomic mass is 10.2. The molecule has 0 saturated carbocycles. The minimum absolute atomic E-state index is 0.00833. The first-order chi connectivity index (χ1) is 7.18. The lowest BCUT2D eigenvalue weighted by Gasteiger charge is -2.29. The van der Waals surface area contributed by atoms with Gasteiger partial charge in [-0.1, -0.05) is 0 Å². The molecule has 15 heavy (non-hydrogen) atoms. The van der Waals surface area contributed by atoms with E-state index in [2.05, 4.69) is 5.32 Å². The number of nitrogens with one attached hydrogen (secondary N) is 1. The van der Waals surface area contributed by atoms with Crippen molar-refractivity contribution in [3.05, 3.63) is 29.6 Å². The summed E-state index contributed by atoms with van der Waals surface area (Å²) < 4.78 is 39.2. The maximum Gasteiger partial charge on any atom is 0.182 e. The van der Waals surface area contributed by atoms with E-state index in [1.807, 2.05) is 0 Å². The van der Waals surface area contributed by atoms with Crippen molar-refractivity contribution in [2.75, 3.05) is 31.1 Å². The van der Waals surface area contributed by atoms with Crippen molar-refractivity contribution in [2.24, 2.45) is 0 Å². The fourth-order valence-corrected chi connectivity index (χ4v) is 1.68. The molecule has 2 nitrogen and oxygen atoms in total. The summed E-state index contributed by atoms with van der Waals surface area (Å²) in [5.41, 5.74) is 0.00833. The Balaban J connectivity index is 2.33. The molecule has 0 aliphatic carbocycles. The Bertz CT molecular complexity index is 362. The molecule has 1 saturated heterocycles. The van der Waals surface area contributed by atoms with Crippen LogP contribution < -0.4 is 10.2 Å². The second kappa shape index (κ2) is 4.10. The smallest absolute Gasteiger partial charge is 0.182 e. The van der Waals surface area contributed by atoms with E-state index in [0.29, 0.717) is 32.2 Å². The third-order valence-corrected chi connectivity index (χ3v) is 2.43. The predicted molar refractivity (Wildman–Crippen MR) is 51.4 cm³/mol. The Morgan fingerprint density at radius 3 is 2.40 bits per heavy atom. The number of halogens is 3. The van der Waals surface area contributed by atoms with Crippen molar-refractivity contribution in [1.82, 2.24) is 5.32 Å². The molecular formula is C10H11F3N2. The summed E-state index contributed by atoms with van der Waals surface area (Å²) in [6, 6.07) is 1.59. The second-order valence-corrected chi connectivity index (χ2v) is 3.46. The largest absolute Gasteiger partial charge is 0.366 e. The molecule has 1 aromatic carbocycles. The summed E-state index contributed by atoms with van der Waals surface area (Å²) in [5.74, 6) is -2.86. The molecule has 1 heterocycles. The van der Waals surface area contributed by atoms with Gasteiger partial charge in [0.2, 0.25) is 0 Å². The van der Waals surface area contributed by atoms with Crippen molar-refractivity contribution in [2.45, 2.75) is 0 Å². The number of hydrogen-bond donors (Lipinski definition) is 1. The summed E-state index contributed by atoms with van der Waals surface area (Å²) >= 11 is 0. The first kappa shape index (κ1) is 10.3. The summed E-state index contributed by atoms with van der Waals surface area (Å²) in [5, 5.41) is 3.08. The molecule has 0 atom stereocenters. The van der Waals surface area contributed by atoms with Crippen LogP contribution in [0.2, 0.25) is 0 Å². The van der Waals surface area contributed by atoms with Crippen LogP contribution in [0.15, 0.2) is 12.1 Å². The van der Waals surface area contributed by atoms with Gasteiger partial charge in [-0.2, -0.15) is 0 Å². The number of hydrogen-bond acceptors (Lipinski definition) is 2. The van der Waals surface area contributed by atoms with Gasteiger partial charge in [0.05, 0.1) is 5.69 Å². The molecule has 0 spiro atoms. The maximum atomic E-state index is 13.4. The second-order valence-electron chi connectivity index (χ2n) is 3.46. The van der Waals surface area contributed by atoms with Gasteiger partial charge in [-0.3, -0.25) is 0 Å². The van der Waals surface area contributed by atoms with Crippen LogP contribution in [0.5, 0.6) is 0 Å². The Morgan fingerprint density at radius 2 is 1.73 bits per heavy atom. The van der Waals surface area contributed by atoms with Crippen molar-refractivity contribution >= 4 is 5.69 Å². The number of nitrogens with zero attached hydrogens (tertiary/aromatic N) is 1. The molecule has 0 amide bonds. The minimum Gasteiger partial charge on any atom is -0.366 e. The van der Waals surface area contributed by atoms with Crippen LogP contribution in [-0.4, -0.2) is 26.2 Å². The first-order valence-corrected chi connectivity index (χ1v) is 4.78. The van der Waals surface area contributed by atoms with Gasteiger partial charge in [0, 0.05) is 38.3 Å². The number of piperazine rings is 1. The molecule has 0 aromatic heterocycles. The minimum atomic E-state index is -1.14. The lowest BCUT2D eigenvalue weighted by molar-refractivity contribution is 0.486. The standard InChI is InChI=1S/C10H11F3N2/c11-7-5-8(12)10(13)9(6-7)15-3-1-14-2-4-15/h5-6,14H,1-4H2. The molecule has 5 heteroatoms. The average molecular weight is 216 g/mol. The Kier molecular flexibility index (Phi) is 2.81. The molecule has 1 fully saturated rings. The normalized spacial score (nSPS) is 16.9. The molecule has 1 aromatic rings. The number of rotatable bonds is 1. The molecule has 1 aliphatic rings. The van der Waals surface area contributed by atoms with E-state index >= 15 is 0 Å². The van der Waals surface area contributed by atoms with Gasteiger partial charge < -0.3 is 10.2 Å². The molecule has 0 unspecified atom stereocenters. The molecular weight excluding hydrogens is 205 g/mol. The summed E-state index contributed by atoms with van der Waals surface area (Å²) in [7, 11) is 0. The molecule has 2 rings (SSSR count). The summed E-state index contributed by atoms with van der Waals surface area (Å²) in [6.07, 6.45) is 0. The SMILES string of the molecule is Fc1cc(F)c(F)c(N2CCNCC2)c1. The molecule has 0 radical (unpaired) electrons. The molecule has 1 N–H and O–H groups in total. The zero-order valence-corrected chi connectivity index (χ0v) is 8.06. The van der Waals surface area contributed by atoms with Gasteiger partial charge >= 0.3 is 0 Å². The van der Waals surface area contributed by atoms with E-state index in [0.717, 1.165) is 6.07 Å². The van der Waals surface area contributed by atoms with Crippen LogP contribution in [0, 0.1) is 17.5 Å². The van der Waals surface area contributed by atoms with Crippen molar-refractivity contribution in [3.63, 3.8) is 0 Å². The van der Waals surface area contributed by atoms with E-state index in [-0.39, 0.29) is 5.69 Å². The maximum absolute atomic E-state index is 13.4. The van der Waals surface area contributed by atoms with Gasteiger partial charge in [0.15, 0.2) is 11.6 Å². The highest BCUT2D eigenvalue weighted by molar-refractivity contribution is 5.49. The van der Waals surface area contributed by atoms with Gasteiger partial charge in [-0.25, -0.2) is 13.2 Å². The summed E-state index contributed by atoms with van der Waals surface area (Å²) in [6.45, 7) is 2.49. The van der Waals surface area contributed by atoms with Gasteiger partial charge in [0.1, 0.15) is 5.82 Å². The Labute approximate surface area is 85.7 Å². The lowest BCUT2D eigenvalue weighted by Crippen LogP contribution is -2.44. The molecule has 1 aliphatic heterocycles. The Morgan fingerprint density at radius 1 is 1.07 bits per heavy atom. The highest BCUT2D eigenvalue weighted by atomic mass is 19.2. The fourth-order valence-electron chi connectivity index (χ4n) is 1.68. The third kappa shape index (κ3) is 2.07. The average Bonchev–Trinajstić information content (AvgIpc) is 2.24. The van der Waals surface area contributed by atoms with Gasteiger partial charge in [-0.05, 0) is 0 Å². The highest BCUT2D eigenvalue weighted by Crippen LogP contribution is 2.23. The van der Waals surface area contributed by atoms with E-state index < -0.39 is 17.5 Å². The zero-order valence-electron chi connectivity index (χ0n) is 8.06. The van der Waals surface area contributed by atoms with Crippen molar-refractivity contribution in [1.29, 1.82) is 0 Å². The van der Waals surface area contributed by atoms with Gasteiger partial charge in [-0.15, -0.1) is 0 Å². The van der Waals surface area contributed by atoms with E-state index in [1.54, 1.807) is 4.90 Å². The van der Waals surface area contributed by atoms with Gasteiger partial charge in [0.25, 0.3) is 0 Å².